The second kappa shape index (κ2) is 6.67. The van der Waals surface area contributed by atoms with Gasteiger partial charge in [-0.3, -0.25) is 19.5 Å². The molecule has 0 unspecified atom stereocenters. The largest absolute Gasteiger partial charge is 0.345 e. The lowest BCUT2D eigenvalue weighted by molar-refractivity contribution is -0.121. The van der Waals surface area contributed by atoms with Crippen molar-refractivity contribution in [2.75, 3.05) is 18.4 Å². The Morgan fingerprint density at radius 1 is 1.10 bits per heavy atom. The minimum absolute atomic E-state index is 0.0537. The molecule has 0 saturated carbocycles. The quantitative estimate of drug-likeness (QED) is 0.710. The van der Waals surface area contributed by atoms with Gasteiger partial charge >= 0.3 is 0 Å². The molecule has 6 heteroatoms. The Morgan fingerprint density at radius 3 is 2.86 bits per heavy atom. The van der Waals surface area contributed by atoms with Gasteiger partial charge in [-0.2, -0.15) is 0 Å². The molecule has 6 nitrogen and oxygen atoms in total. The number of amides is 2. The first-order chi connectivity index (χ1) is 14.0. The highest BCUT2D eigenvalue weighted by molar-refractivity contribution is 6.06. The number of rotatable bonds is 2. The number of carbonyl (C=O) groups excluding carboxylic acids is 2. The minimum atomic E-state index is -0.627. The minimum Gasteiger partial charge on any atom is -0.345 e. The van der Waals surface area contributed by atoms with E-state index in [0.717, 1.165) is 10.9 Å². The van der Waals surface area contributed by atoms with Crippen molar-refractivity contribution < 1.29 is 9.59 Å². The fraction of sp³-hybridized carbons (Fsp3) is 0.261. The Morgan fingerprint density at radius 2 is 1.97 bits per heavy atom. The zero-order valence-corrected chi connectivity index (χ0v) is 16.2. The molecule has 2 N–H and O–H groups in total. The van der Waals surface area contributed by atoms with Gasteiger partial charge in [-0.15, -0.1) is 0 Å². The summed E-state index contributed by atoms with van der Waals surface area (Å²) in [7, 11) is 0. The molecule has 29 heavy (non-hydrogen) atoms. The first-order valence-electron chi connectivity index (χ1n) is 9.81. The number of likely N-dealkylation sites (tertiary alicyclic amines) is 1. The predicted octanol–water partition coefficient (Wildman–Crippen LogP) is 2.81. The van der Waals surface area contributed by atoms with Gasteiger partial charge in [-0.1, -0.05) is 30.3 Å². The van der Waals surface area contributed by atoms with E-state index >= 15 is 0 Å². The second-order valence-corrected chi connectivity index (χ2v) is 8.12. The van der Waals surface area contributed by atoms with Crippen LogP contribution in [-0.4, -0.2) is 40.3 Å². The van der Waals surface area contributed by atoms with E-state index in [-0.39, 0.29) is 17.7 Å². The van der Waals surface area contributed by atoms with Crippen molar-refractivity contribution >= 4 is 28.4 Å². The first kappa shape index (κ1) is 17.8. The number of hydrogen-bond donors (Lipinski definition) is 2. The van der Waals surface area contributed by atoms with Gasteiger partial charge in [0.05, 0.1) is 28.2 Å². The summed E-state index contributed by atoms with van der Waals surface area (Å²) < 4.78 is 0. The Hall–Kier alpha value is -3.25. The first-order valence-corrected chi connectivity index (χ1v) is 9.81. The third kappa shape index (κ3) is 3.06. The van der Waals surface area contributed by atoms with Crippen LogP contribution >= 0.6 is 0 Å². The number of benzene rings is 2. The lowest BCUT2D eigenvalue weighted by atomic mass is 9.86. The van der Waals surface area contributed by atoms with Gasteiger partial charge in [0.15, 0.2) is 0 Å². The van der Waals surface area contributed by atoms with Crippen LogP contribution in [0.15, 0.2) is 60.8 Å². The van der Waals surface area contributed by atoms with E-state index in [0.29, 0.717) is 30.9 Å². The summed E-state index contributed by atoms with van der Waals surface area (Å²) in [6, 6.07) is 17.3. The summed E-state index contributed by atoms with van der Waals surface area (Å²) >= 11 is 0. The van der Waals surface area contributed by atoms with Gasteiger partial charge in [0, 0.05) is 31.2 Å². The van der Waals surface area contributed by atoms with Crippen molar-refractivity contribution in [3.63, 3.8) is 0 Å². The molecule has 1 fully saturated rings. The number of carbonyl (C=O) groups is 2. The third-order valence-electron chi connectivity index (χ3n) is 6.04. The molecule has 2 aromatic carbocycles. The van der Waals surface area contributed by atoms with Crippen LogP contribution in [-0.2, 0) is 11.3 Å². The van der Waals surface area contributed by atoms with Crippen molar-refractivity contribution in [2.24, 2.45) is 5.92 Å². The monoisotopic (exact) mass is 386 g/mol. The van der Waals surface area contributed by atoms with E-state index < -0.39 is 5.54 Å². The predicted molar refractivity (Wildman–Crippen MR) is 111 cm³/mol. The number of pyridine rings is 1. The molecular formula is C23H22N4O2. The molecule has 3 heterocycles. The van der Waals surface area contributed by atoms with E-state index in [2.05, 4.69) is 32.7 Å². The molecule has 2 amide bonds. The number of fused-ring (bicyclic) bond motifs is 3. The van der Waals surface area contributed by atoms with Gasteiger partial charge in [-0.25, -0.2) is 0 Å². The van der Waals surface area contributed by atoms with Gasteiger partial charge in [-0.05, 0) is 36.8 Å². The number of aromatic nitrogens is 1. The summed E-state index contributed by atoms with van der Waals surface area (Å²) in [4.78, 5) is 32.6. The van der Waals surface area contributed by atoms with E-state index in [9.17, 15) is 9.59 Å². The van der Waals surface area contributed by atoms with Crippen LogP contribution in [0.5, 0.6) is 0 Å². The SMILES string of the molecule is C[C@]12CN(Cc3cccc4ncccc34)C[C@H]1C(=O)Nc1ccccc1C(=O)N2. The number of nitrogens with zero attached hydrogens (tertiary/aromatic N) is 2. The van der Waals surface area contributed by atoms with Gasteiger partial charge in [0.1, 0.15) is 0 Å². The molecule has 2 aliphatic heterocycles. The maximum atomic E-state index is 13.0. The molecule has 1 aromatic heterocycles. The number of nitrogens with one attached hydrogen (secondary N) is 2. The molecule has 1 saturated heterocycles. The van der Waals surface area contributed by atoms with Crippen LogP contribution in [0.3, 0.4) is 0 Å². The van der Waals surface area contributed by atoms with E-state index in [1.165, 1.54) is 5.56 Å². The lowest BCUT2D eigenvalue weighted by Gasteiger charge is -2.33. The van der Waals surface area contributed by atoms with Crippen LogP contribution in [0.4, 0.5) is 5.69 Å². The summed E-state index contributed by atoms with van der Waals surface area (Å²) in [5.74, 6) is -0.528. The topological polar surface area (TPSA) is 74.3 Å². The Labute approximate surface area is 168 Å². The number of para-hydroxylation sites is 1. The number of anilines is 1. The summed E-state index contributed by atoms with van der Waals surface area (Å²) in [6.45, 7) is 3.86. The van der Waals surface area contributed by atoms with Crippen LogP contribution in [0.2, 0.25) is 0 Å². The standard InChI is InChI=1S/C23H22N4O2/c1-23-14-27(12-15-6-4-10-19-16(15)8-5-11-24-19)13-18(23)22(29)25-20-9-3-2-7-17(20)21(28)26-23/h2-11,18H,12-14H2,1H3,(H,25,29)(H,26,28)/t18-,23-/m0/s1. The summed E-state index contributed by atoms with van der Waals surface area (Å²) in [5, 5.41) is 7.23. The maximum Gasteiger partial charge on any atom is 0.253 e. The van der Waals surface area contributed by atoms with Crippen molar-refractivity contribution in [1.29, 1.82) is 0 Å². The van der Waals surface area contributed by atoms with E-state index in [4.69, 9.17) is 0 Å². The average molecular weight is 386 g/mol. The van der Waals surface area contributed by atoms with Gasteiger partial charge in [0.2, 0.25) is 5.91 Å². The molecule has 0 aliphatic carbocycles. The fourth-order valence-corrected chi connectivity index (χ4v) is 4.60. The van der Waals surface area contributed by atoms with E-state index in [1.54, 1.807) is 18.3 Å². The van der Waals surface area contributed by atoms with E-state index in [1.807, 2.05) is 37.3 Å². The summed E-state index contributed by atoms with van der Waals surface area (Å²) in [5.41, 5.74) is 2.57. The molecule has 146 valence electrons. The van der Waals surface area contributed by atoms with Gasteiger partial charge in [0.25, 0.3) is 5.91 Å². The maximum absolute atomic E-state index is 13.0. The summed E-state index contributed by atoms with van der Waals surface area (Å²) in [6.07, 6.45) is 1.79. The molecule has 2 atom stereocenters. The highest BCUT2D eigenvalue weighted by atomic mass is 16.2. The van der Waals surface area contributed by atoms with Crippen molar-refractivity contribution in [3.8, 4) is 0 Å². The normalized spacial score (nSPS) is 24.2. The Balaban J connectivity index is 1.45. The zero-order valence-electron chi connectivity index (χ0n) is 16.2. The van der Waals surface area contributed by atoms with Crippen LogP contribution < -0.4 is 10.6 Å². The second-order valence-electron chi connectivity index (χ2n) is 8.12. The Kier molecular flexibility index (Phi) is 4.10. The zero-order chi connectivity index (χ0) is 20.0. The van der Waals surface area contributed by atoms with Crippen molar-refractivity contribution in [1.82, 2.24) is 15.2 Å². The fourth-order valence-electron chi connectivity index (χ4n) is 4.60. The molecule has 0 bridgehead atoms. The lowest BCUT2D eigenvalue weighted by Crippen LogP contribution is -2.56. The van der Waals surface area contributed by atoms with Crippen molar-refractivity contribution in [3.05, 3.63) is 71.9 Å². The molecule has 0 spiro atoms. The highest BCUT2D eigenvalue weighted by Crippen LogP contribution is 2.33. The number of hydrogen-bond acceptors (Lipinski definition) is 4. The highest BCUT2D eigenvalue weighted by Gasteiger charge is 2.49. The molecule has 2 aliphatic rings. The average Bonchev–Trinajstić information content (AvgIpc) is 3.03. The van der Waals surface area contributed by atoms with Crippen LogP contribution in [0.25, 0.3) is 10.9 Å². The molecule has 0 radical (unpaired) electrons. The molecule has 3 aromatic rings. The van der Waals surface area contributed by atoms with Crippen molar-refractivity contribution in [2.45, 2.75) is 19.0 Å². The molecule has 5 rings (SSSR count). The Bertz CT molecular complexity index is 1120. The third-order valence-corrected chi connectivity index (χ3v) is 6.04. The van der Waals surface area contributed by atoms with Crippen LogP contribution in [0.1, 0.15) is 22.8 Å². The molecular weight excluding hydrogens is 364 g/mol. The van der Waals surface area contributed by atoms with Crippen LogP contribution in [0, 0.1) is 5.92 Å². The van der Waals surface area contributed by atoms with Gasteiger partial charge < -0.3 is 10.6 Å². The smallest absolute Gasteiger partial charge is 0.253 e.